The van der Waals surface area contributed by atoms with Crippen LogP contribution in [-0.4, -0.2) is 49.5 Å². The lowest BCUT2D eigenvalue weighted by Crippen LogP contribution is -2.45. The highest BCUT2D eigenvalue weighted by atomic mass is 127. The molecule has 0 spiro atoms. The number of halogens is 2. The van der Waals surface area contributed by atoms with E-state index < -0.39 is 0 Å². The van der Waals surface area contributed by atoms with Crippen LogP contribution in [0.3, 0.4) is 0 Å². The maximum absolute atomic E-state index is 11.7. The largest absolute Gasteiger partial charge is 0.356 e. The summed E-state index contributed by atoms with van der Waals surface area (Å²) in [6.07, 6.45) is 2.41. The number of hydrogen-bond donors (Lipinski definition) is 2. The Hall–Kier alpha value is -1.02. The molecule has 1 aliphatic heterocycles. The maximum atomic E-state index is 11.7. The van der Waals surface area contributed by atoms with Gasteiger partial charge in [0.25, 0.3) is 0 Å². The van der Waals surface area contributed by atoms with Gasteiger partial charge in [-0.25, -0.2) is 0 Å². The molecule has 0 saturated carbocycles. The van der Waals surface area contributed by atoms with Crippen molar-refractivity contribution in [3.63, 3.8) is 0 Å². The van der Waals surface area contributed by atoms with Crippen molar-refractivity contribution in [3.8, 4) is 0 Å². The van der Waals surface area contributed by atoms with Crippen LogP contribution < -0.4 is 10.6 Å². The molecule has 1 unspecified atom stereocenters. The molecule has 1 atom stereocenters. The van der Waals surface area contributed by atoms with E-state index in [1.807, 2.05) is 30.0 Å². The Morgan fingerprint density at radius 2 is 2.25 bits per heavy atom. The van der Waals surface area contributed by atoms with Crippen molar-refractivity contribution >= 4 is 47.4 Å². The lowest BCUT2D eigenvalue weighted by atomic mass is 10.1. The first-order chi connectivity index (χ1) is 11.1. The minimum Gasteiger partial charge on any atom is -0.356 e. The molecule has 1 aromatic rings. The molecular weight excluding hydrogens is 439 g/mol. The van der Waals surface area contributed by atoms with Gasteiger partial charge in [0.1, 0.15) is 0 Å². The second-order valence-corrected chi connectivity index (χ2v) is 6.14. The molecule has 0 bridgehead atoms. The molecule has 5 nitrogen and oxygen atoms in total. The number of benzene rings is 1. The molecule has 1 aliphatic rings. The summed E-state index contributed by atoms with van der Waals surface area (Å²) in [7, 11) is 1.76. The summed E-state index contributed by atoms with van der Waals surface area (Å²) < 4.78 is 0. The van der Waals surface area contributed by atoms with Crippen molar-refractivity contribution in [1.29, 1.82) is 0 Å². The predicted molar refractivity (Wildman–Crippen MR) is 110 cm³/mol. The zero-order valence-electron chi connectivity index (χ0n) is 14.2. The molecule has 1 fully saturated rings. The lowest BCUT2D eigenvalue weighted by Gasteiger charge is -2.18. The van der Waals surface area contributed by atoms with Crippen LogP contribution in [0.2, 0.25) is 5.02 Å². The molecule has 0 radical (unpaired) electrons. The Balaban J connectivity index is 0.00000288. The Morgan fingerprint density at radius 1 is 1.46 bits per heavy atom. The Bertz CT molecular complexity index is 567. The summed E-state index contributed by atoms with van der Waals surface area (Å²) in [4.78, 5) is 17.9. The van der Waals surface area contributed by atoms with Gasteiger partial charge in [0, 0.05) is 44.2 Å². The molecular formula is C17H26ClIN4O. The second kappa shape index (κ2) is 10.8. The van der Waals surface area contributed by atoms with Gasteiger partial charge in [0.15, 0.2) is 5.96 Å². The van der Waals surface area contributed by atoms with E-state index >= 15 is 0 Å². The highest BCUT2D eigenvalue weighted by molar-refractivity contribution is 14.0. The van der Waals surface area contributed by atoms with Gasteiger partial charge in [-0.15, -0.1) is 24.0 Å². The summed E-state index contributed by atoms with van der Waals surface area (Å²) in [5.41, 5.74) is 1.20. The van der Waals surface area contributed by atoms with E-state index in [4.69, 9.17) is 11.6 Å². The SMILES string of the molecule is CCC(=O)N1CCC(NC(=NC)NCCc2cccc(Cl)c2)C1.I. The number of guanidine groups is 1. The van der Waals surface area contributed by atoms with Crippen LogP contribution in [0, 0.1) is 0 Å². The fourth-order valence-corrected chi connectivity index (χ4v) is 2.95. The van der Waals surface area contributed by atoms with Crippen LogP contribution in [-0.2, 0) is 11.2 Å². The van der Waals surface area contributed by atoms with Crippen molar-refractivity contribution in [2.24, 2.45) is 4.99 Å². The van der Waals surface area contributed by atoms with Crippen LogP contribution >= 0.6 is 35.6 Å². The van der Waals surface area contributed by atoms with E-state index in [0.717, 1.165) is 43.5 Å². The number of likely N-dealkylation sites (tertiary alicyclic amines) is 1. The molecule has 1 aromatic carbocycles. The van der Waals surface area contributed by atoms with Gasteiger partial charge in [0.05, 0.1) is 0 Å². The third kappa shape index (κ3) is 6.47. The first-order valence-corrected chi connectivity index (χ1v) is 8.49. The lowest BCUT2D eigenvalue weighted by molar-refractivity contribution is -0.129. The number of amides is 1. The molecule has 1 heterocycles. The Morgan fingerprint density at radius 3 is 2.92 bits per heavy atom. The van der Waals surface area contributed by atoms with Crippen molar-refractivity contribution < 1.29 is 4.79 Å². The smallest absolute Gasteiger partial charge is 0.222 e. The summed E-state index contributed by atoms with van der Waals surface area (Å²) in [6.45, 7) is 4.26. The summed E-state index contributed by atoms with van der Waals surface area (Å²) in [5.74, 6) is 1.00. The number of rotatable bonds is 5. The molecule has 2 N–H and O–H groups in total. The highest BCUT2D eigenvalue weighted by Gasteiger charge is 2.25. The second-order valence-electron chi connectivity index (χ2n) is 5.70. The van der Waals surface area contributed by atoms with Gasteiger partial charge in [-0.1, -0.05) is 30.7 Å². The number of nitrogens with one attached hydrogen (secondary N) is 2. The van der Waals surface area contributed by atoms with E-state index in [0.29, 0.717) is 6.42 Å². The number of aliphatic imine (C=N–C) groups is 1. The third-order valence-electron chi connectivity index (χ3n) is 4.00. The van der Waals surface area contributed by atoms with Crippen molar-refractivity contribution in [2.75, 3.05) is 26.7 Å². The van der Waals surface area contributed by atoms with Crippen molar-refractivity contribution in [2.45, 2.75) is 32.2 Å². The minimum absolute atomic E-state index is 0. The molecule has 2 rings (SSSR count). The van der Waals surface area contributed by atoms with Crippen LogP contribution in [0.1, 0.15) is 25.3 Å². The van der Waals surface area contributed by atoms with Crippen LogP contribution in [0.25, 0.3) is 0 Å². The minimum atomic E-state index is 0. The standard InChI is InChI=1S/C17H25ClN4O.HI/c1-3-16(23)22-10-8-15(12-22)21-17(19-2)20-9-7-13-5-4-6-14(18)11-13;/h4-6,11,15H,3,7-10,12H2,1-2H3,(H2,19,20,21);1H. The first-order valence-electron chi connectivity index (χ1n) is 8.11. The Labute approximate surface area is 166 Å². The van der Waals surface area contributed by atoms with Crippen molar-refractivity contribution in [1.82, 2.24) is 15.5 Å². The molecule has 0 aromatic heterocycles. The Kier molecular flexibility index (Phi) is 9.43. The normalized spacial score (nSPS) is 17.4. The zero-order valence-corrected chi connectivity index (χ0v) is 17.3. The number of nitrogens with zero attached hydrogens (tertiary/aromatic N) is 2. The first kappa shape index (κ1) is 21.0. The van der Waals surface area contributed by atoms with Gasteiger partial charge < -0.3 is 15.5 Å². The van der Waals surface area contributed by atoms with Crippen LogP contribution in [0.4, 0.5) is 0 Å². The number of carbonyl (C=O) groups excluding carboxylic acids is 1. The number of hydrogen-bond acceptors (Lipinski definition) is 2. The van der Waals surface area contributed by atoms with E-state index in [2.05, 4.69) is 21.7 Å². The van der Waals surface area contributed by atoms with Gasteiger partial charge >= 0.3 is 0 Å². The van der Waals surface area contributed by atoms with Crippen molar-refractivity contribution in [3.05, 3.63) is 34.9 Å². The topological polar surface area (TPSA) is 56.7 Å². The molecule has 1 amide bonds. The predicted octanol–water partition coefficient (Wildman–Crippen LogP) is 2.68. The molecule has 134 valence electrons. The maximum Gasteiger partial charge on any atom is 0.222 e. The van der Waals surface area contributed by atoms with E-state index in [9.17, 15) is 4.79 Å². The molecule has 24 heavy (non-hydrogen) atoms. The summed E-state index contributed by atoms with van der Waals surface area (Å²) >= 11 is 5.99. The average molecular weight is 465 g/mol. The van der Waals surface area contributed by atoms with Gasteiger partial charge in [-0.3, -0.25) is 9.79 Å². The van der Waals surface area contributed by atoms with Gasteiger partial charge in [-0.05, 0) is 30.5 Å². The number of carbonyl (C=O) groups is 1. The molecule has 1 saturated heterocycles. The molecule has 0 aliphatic carbocycles. The van der Waals surface area contributed by atoms with Gasteiger partial charge in [0.2, 0.25) is 5.91 Å². The zero-order chi connectivity index (χ0) is 16.7. The summed E-state index contributed by atoms with van der Waals surface area (Å²) in [6, 6.07) is 8.15. The van der Waals surface area contributed by atoms with E-state index in [1.165, 1.54) is 5.56 Å². The monoisotopic (exact) mass is 464 g/mol. The quantitative estimate of drug-likeness (QED) is 0.400. The summed E-state index contributed by atoms with van der Waals surface area (Å²) in [5, 5.41) is 7.47. The average Bonchev–Trinajstić information content (AvgIpc) is 3.02. The fourth-order valence-electron chi connectivity index (χ4n) is 2.73. The fraction of sp³-hybridized carbons (Fsp3) is 0.529. The van der Waals surface area contributed by atoms with E-state index in [-0.39, 0.29) is 35.9 Å². The van der Waals surface area contributed by atoms with Gasteiger partial charge in [-0.2, -0.15) is 0 Å². The van der Waals surface area contributed by atoms with E-state index in [1.54, 1.807) is 7.05 Å². The highest BCUT2D eigenvalue weighted by Crippen LogP contribution is 2.11. The van der Waals surface area contributed by atoms with Crippen LogP contribution in [0.15, 0.2) is 29.3 Å². The van der Waals surface area contributed by atoms with Crippen LogP contribution in [0.5, 0.6) is 0 Å². The third-order valence-corrected chi connectivity index (χ3v) is 4.24. The molecule has 7 heteroatoms.